The lowest BCUT2D eigenvalue weighted by Crippen LogP contribution is -2.19. The molecule has 0 amide bonds. The van der Waals surface area contributed by atoms with E-state index in [1.54, 1.807) is 0 Å². The summed E-state index contributed by atoms with van der Waals surface area (Å²) in [7, 11) is 0. The highest BCUT2D eigenvalue weighted by atomic mass is 16.3. The summed E-state index contributed by atoms with van der Waals surface area (Å²) in [6.45, 7) is 0. The predicted octanol–water partition coefficient (Wildman–Crippen LogP) is 2.32. The molecule has 0 aromatic heterocycles. The molecule has 0 saturated carbocycles. The summed E-state index contributed by atoms with van der Waals surface area (Å²) in [5.74, 6) is 0. The molecular weight excluding hydrogens is 210 g/mol. The van der Waals surface area contributed by atoms with Crippen LogP contribution in [0.1, 0.15) is 34.4 Å². The van der Waals surface area contributed by atoms with E-state index in [0.29, 0.717) is 0 Å². The Hall–Kier alpha value is -1.64. The fourth-order valence-electron chi connectivity index (χ4n) is 2.57. The van der Waals surface area contributed by atoms with Crippen LogP contribution >= 0.6 is 0 Å². The van der Waals surface area contributed by atoms with Gasteiger partial charge in [-0.2, -0.15) is 0 Å². The van der Waals surface area contributed by atoms with Gasteiger partial charge in [0, 0.05) is 0 Å². The fourth-order valence-corrected chi connectivity index (χ4v) is 2.57. The first-order valence-corrected chi connectivity index (χ1v) is 5.86. The van der Waals surface area contributed by atoms with E-state index in [0.717, 1.165) is 17.5 Å². The van der Waals surface area contributed by atoms with Crippen molar-refractivity contribution in [3.8, 4) is 0 Å². The van der Waals surface area contributed by atoms with Gasteiger partial charge in [0.15, 0.2) is 0 Å². The first kappa shape index (κ1) is 10.5. The summed E-state index contributed by atoms with van der Waals surface area (Å²) < 4.78 is 0. The second kappa shape index (κ2) is 3.99. The van der Waals surface area contributed by atoms with E-state index in [1.807, 2.05) is 36.4 Å². The average molecular weight is 225 g/mol. The van der Waals surface area contributed by atoms with Crippen LogP contribution in [0.2, 0.25) is 0 Å². The van der Waals surface area contributed by atoms with Crippen molar-refractivity contribution >= 4 is 0 Å². The molecule has 2 nitrogen and oxygen atoms in total. The van der Waals surface area contributed by atoms with E-state index < -0.39 is 6.10 Å². The summed E-state index contributed by atoms with van der Waals surface area (Å²) in [6, 6.07) is 15.7. The SMILES string of the molecule is N[C@@H]1c2ccccc2Cc2ccccc2[C@@H]1O. The number of fused-ring (bicyclic) bond motifs is 2. The van der Waals surface area contributed by atoms with Crippen LogP contribution < -0.4 is 5.73 Å². The zero-order chi connectivity index (χ0) is 11.8. The van der Waals surface area contributed by atoms with Gasteiger partial charge in [-0.15, -0.1) is 0 Å². The van der Waals surface area contributed by atoms with Crippen LogP contribution in [0.25, 0.3) is 0 Å². The number of aliphatic hydroxyl groups excluding tert-OH is 1. The molecular formula is C15H15NO. The molecule has 2 aromatic carbocycles. The van der Waals surface area contributed by atoms with Gasteiger partial charge in [0.1, 0.15) is 0 Å². The van der Waals surface area contributed by atoms with Crippen molar-refractivity contribution in [2.45, 2.75) is 18.6 Å². The molecule has 1 aliphatic carbocycles. The van der Waals surface area contributed by atoms with E-state index in [4.69, 9.17) is 5.73 Å². The summed E-state index contributed by atoms with van der Waals surface area (Å²) in [4.78, 5) is 0. The standard InChI is InChI=1S/C15H15NO/c16-14-12-7-3-1-5-10(12)9-11-6-2-4-8-13(11)15(14)17/h1-8,14-15,17H,9,16H2/t14-,15+/m1/s1. The maximum atomic E-state index is 10.3. The summed E-state index contributed by atoms with van der Waals surface area (Å²) in [5, 5.41) is 10.3. The van der Waals surface area contributed by atoms with Gasteiger partial charge >= 0.3 is 0 Å². The fraction of sp³-hybridized carbons (Fsp3) is 0.200. The van der Waals surface area contributed by atoms with Crippen LogP contribution in [0.15, 0.2) is 48.5 Å². The molecule has 0 unspecified atom stereocenters. The topological polar surface area (TPSA) is 46.2 Å². The molecule has 2 aromatic rings. The van der Waals surface area contributed by atoms with Crippen LogP contribution in [-0.2, 0) is 6.42 Å². The van der Waals surface area contributed by atoms with E-state index in [-0.39, 0.29) is 6.04 Å². The minimum Gasteiger partial charge on any atom is -0.386 e. The Bertz CT molecular complexity index is 501. The van der Waals surface area contributed by atoms with E-state index in [1.165, 1.54) is 11.1 Å². The van der Waals surface area contributed by atoms with Crippen molar-refractivity contribution in [3.63, 3.8) is 0 Å². The smallest absolute Gasteiger partial charge is 0.0985 e. The van der Waals surface area contributed by atoms with Gasteiger partial charge < -0.3 is 10.8 Å². The molecule has 0 aliphatic heterocycles. The number of nitrogens with two attached hydrogens (primary N) is 1. The molecule has 0 spiro atoms. The van der Waals surface area contributed by atoms with E-state index in [9.17, 15) is 5.11 Å². The van der Waals surface area contributed by atoms with Crippen molar-refractivity contribution in [1.82, 2.24) is 0 Å². The van der Waals surface area contributed by atoms with E-state index >= 15 is 0 Å². The second-order valence-electron chi connectivity index (χ2n) is 4.55. The number of hydrogen-bond acceptors (Lipinski definition) is 2. The lowest BCUT2D eigenvalue weighted by molar-refractivity contribution is 0.147. The minimum absolute atomic E-state index is 0.338. The molecule has 86 valence electrons. The number of benzene rings is 2. The molecule has 3 N–H and O–H groups in total. The van der Waals surface area contributed by atoms with Crippen molar-refractivity contribution in [1.29, 1.82) is 0 Å². The van der Waals surface area contributed by atoms with Gasteiger partial charge in [0.2, 0.25) is 0 Å². The second-order valence-corrected chi connectivity index (χ2v) is 4.55. The third-order valence-corrected chi connectivity index (χ3v) is 3.51. The predicted molar refractivity (Wildman–Crippen MR) is 67.6 cm³/mol. The zero-order valence-corrected chi connectivity index (χ0v) is 9.51. The molecule has 0 heterocycles. The van der Waals surface area contributed by atoms with Crippen molar-refractivity contribution in [2.75, 3.05) is 0 Å². The van der Waals surface area contributed by atoms with Crippen LogP contribution in [0, 0.1) is 0 Å². The summed E-state index contributed by atoms with van der Waals surface area (Å²) >= 11 is 0. The summed E-state index contributed by atoms with van der Waals surface area (Å²) in [6.07, 6.45) is 0.228. The quantitative estimate of drug-likeness (QED) is 0.722. The van der Waals surface area contributed by atoms with Gasteiger partial charge in [0.05, 0.1) is 12.1 Å². The largest absolute Gasteiger partial charge is 0.386 e. The van der Waals surface area contributed by atoms with Crippen LogP contribution in [0.5, 0.6) is 0 Å². The third kappa shape index (κ3) is 1.66. The number of hydrogen-bond donors (Lipinski definition) is 2. The lowest BCUT2D eigenvalue weighted by Gasteiger charge is -2.19. The number of aliphatic hydroxyl groups is 1. The number of rotatable bonds is 0. The molecule has 0 radical (unpaired) electrons. The first-order valence-electron chi connectivity index (χ1n) is 5.86. The van der Waals surface area contributed by atoms with Crippen molar-refractivity contribution in [2.24, 2.45) is 5.73 Å². The minimum atomic E-state index is -0.616. The molecule has 1 aliphatic rings. The maximum Gasteiger partial charge on any atom is 0.0985 e. The Morgan fingerprint density at radius 1 is 0.882 bits per heavy atom. The van der Waals surface area contributed by atoms with Crippen molar-refractivity contribution < 1.29 is 5.11 Å². The molecule has 2 atom stereocenters. The van der Waals surface area contributed by atoms with Gasteiger partial charge in [-0.1, -0.05) is 48.5 Å². The van der Waals surface area contributed by atoms with Crippen LogP contribution in [-0.4, -0.2) is 5.11 Å². The van der Waals surface area contributed by atoms with Gasteiger partial charge in [-0.25, -0.2) is 0 Å². The van der Waals surface area contributed by atoms with Crippen LogP contribution in [0.3, 0.4) is 0 Å². The Labute approximate surface area is 101 Å². The Kier molecular flexibility index (Phi) is 2.46. The Morgan fingerprint density at radius 3 is 2.12 bits per heavy atom. The van der Waals surface area contributed by atoms with Gasteiger partial charge in [0.25, 0.3) is 0 Å². The molecule has 0 bridgehead atoms. The highest BCUT2D eigenvalue weighted by Gasteiger charge is 2.26. The monoisotopic (exact) mass is 225 g/mol. The lowest BCUT2D eigenvalue weighted by atomic mass is 9.97. The highest BCUT2D eigenvalue weighted by molar-refractivity contribution is 5.43. The average Bonchev–Trinajstić information content (AvgIpc) is 2.48. The first-order chi connectivity index (χ1) is 8.27. The van der Waals surface area contributed by atoms with Crippen molar-refractivity contribution in [3.05, 3.63) is 70.8 Å². The highest BCUT2D eigenvalue weighted by Crippen LogP contribution is 2.35. The van der Waals surface area contributed by atoms with Gasteiger partial charge in [-0.05, 0) is 28.7 Å². The Morgan fingerprint density at radius 2 is 1.41 bits per heavy atom. The molecule has 17 heavy (non-hydrogen) atoms. The molecule has 2 heteroatoms. The zero-order valence-electron chi connectivity index (χ0n) is 9.51. The van der Waals surface area contributed by atoms with Gasteiger partial charge in [-0.3, -0.25) is 0 Å². The molecule has 0 saturated heterocycles. The maximum absolute atomic E-state index is 10.3. The van der Waals surface area contributed by atoms with E-state index in [2.05, 4.69) is 12.1 Å². The van der Waals surface area contributed by atoms with Crippen LogP contribution in [0.4, 0.5) is 0 Å². The summed E-state index contributed by atoms with van der Waals surface area (Å²) in [5.41, 5.74) is 10.5. The Balaban J connectivity index is 2.20. The normalized spacial score (nSPS) is 22.5. The third-order valence-electron chi connectivity index (χ3n) is 3.51. The molecule has 3 rings (SSSR count). The molecule has 0 fully saturated rings.